The number of hydrogen-bond donors (Lipinski definition) is 0. The Bertz CT molecular complexity index is 505. The number of halogens is 1. The van der Waals surface area contributed by atoms with Crippen LogP contribution in [0.15, 0.2) is 54.6 Å². The molecule has 0 fully saturated rings. The van der Waals surface area contributed by atoms with Gasteiger partial charge in [-0.25, -0.2) is 4.39 Å². The van der Waals surface area contributed by atoms with E-state index in [1.807, 2.05) is 30.3 Å². The van der Waals surface area contributed by atoms with Crippen LogP contribution in [0, 0.1) is 5.82 Å². The summed E-state index contributed by atoms with van der Waals surface area (Å²) in [7, 11) is 0. The Morgan fingerprint density at radius 1 is 0.800 bits per heavy atom. The Morgan fingerprint density at radius 2 is 1.45 bits per heavy atom. The molecular weight excluding hydrogens is 275 g/mol. The van der Waals surface area contributed by atoms with Crippen molar-refractivity contribution in [2.75, 3.05) is 24.7 Å². The molecule has 0 heterocycles. The number of rotatable bonds is 8. The van der Waals surface area contributed by atoms with Crippen LogP contribution in [0.5, 0.6) is 11.5 Å². The van der Waals surface area contributed by atoms with E-state index < -0.39 is 0 Å². The molecule has 0 radical (unpaired) electrons. The summed E-state index contributed by atoms with van der Waals surface area (Å²) in [5.41, 5.74) is 0. The molecule has 0 saturated carbocycles. The van der Waals surface area contributed by atoms with Gasteiger partial charge in [0.25, 0.3) is 0 Å². The monoisotopic (exact) mass is 292 g/mol. The lowest BCUT2D eigenvalue weighted by Crippen LogP contribution is -2.05. The van der Waals surface area contributed by atoms with Gasteiger partial charge in [-0.2, -0.15) is 11.8 Å². The van der Waals surface area contributed by atoms with E-state index in [0.717, 1.165) is 17.3 Å². The standard InChI is InChI=1S/C16H17FO2S/c17-15-8-4-5-9-16(15)19-11-13-20-12-10-18-14-6-2-1-3-7-14/h1-9H,10-13H2. The van der Waals surface area contributed by atoms with E-state index in [2.05, 4.69) is 0 Å². The van der Waals surface area contributed by atoms with Crippen molar-refractivity contribution in [3.63, 3.8) is 0 Å². The highest BCUT2D eigenvalue weighted by Crippen LogP contribution is 2.15. The quantitative estimate of drug-likeness (QED) is 0.685. The maximum atomic E-state index is 13.3. The summed E-state index contributed by atoms with van der Waals surface area (Å²) in [6, 6.07) is 16.2. The molecule has 0 aliphatic rings. The molecule has 0 N–H and O–H groups in total. The summed E-state index contributed by atoms with van der Waals surface area (Å²) in [5.74, 6) is 2.58. The van der Waals surface area contributed by atoms with Gasteiger partial charge >= 0.3 is 0 Å². The molecule has 0 unspecified atom stereocenters. The predicted molar refractivity (Wildman–Crippen MR) is 81.2 cm³/mol. The van der Waals surface area contributed by atoms with Gasteiger partial charge in [-0.3, -0.25) is 0 Å². The van der Waals surface area contributed by atoms with E-state index >= 15 is 0 Å². The smallest absolute Gasteiger partial charge is 0.165 e. The summed E-state index contributed by atoms with van der Waals surface area (Å²) in [5, 5.41) is 0. The van der Waals surface area contributed by atoms with Crippen LogP contribution in [0.25, 0.3) is 0 Å². The molecule has 20 heavy (non-hydrogen) atoms. The van der Waals surface area contributed by atoms with Crippen LogP contribution >= 0.6 is 11.8 Å². The summed E-state index contributed by atoms with van der Waals surface area (Å²) < 4.78 is 24.2. The SMILES string of the molecule is Fc1ccccc1OCCSCCOc1ccccc1. The van der Waals surface area contributed by atoms with Crippen LogP contribution in [-0.4, -0.2) is 24.7 Å². The Hall–Kier alpha value is -1.68. The number of thioether (sulfide) groups is 1. The Labute approximate surface area is 122 Å². The molecule has 0 aromatic heterocycles. The minimum atomic E-state index is -0.315. The van der Waals surface area contributed by atoms with E-state index in [0.29, 0.717) is 19.0 Å². The molecule has 2 aromatic rings. The Morgan fingerprint density at radius 3 is 2.20 bits per heavy atom. The van der Waals surface area contributed by atoms with Crippen LogP contribution < -0.4 is 9.47 Å². The van der Waals surface area contributed by atoms with E-state index in [4.69, 9.17) is 9.47 Å². The molecule has 2 aromatic carbocycles. The van der Waals surface area contributed by atoms with E-state index in [1.54, 1.807) is 30.0 Å². The molecule has 0 aliphatic carbocycles. The average Bonchev–Trinajstić information content (AvgIpc) is 2.49. The molecule has 0 amide bonds. The fourth-order valence-corrected chi connectivity index (χ4v) is 2.22. The van der Waals surface area contributed by atoms with Crippen molar-refractivity contribution >= 4 is 11.8 Å². The van der Waals surface area contributed by atoms with Gasteiger partial charge in [-0.05, 0) is 24.3 Å². The molecule has 2 rings (SSSR count). The second kappa shape index (κ2) is 8.48. The maximum absolute atomic E-state index is 13.3. The number of hydrogen-bond acceptors (Lipinski definition) is 3. The lowest BCUT2D eigenvalue weighted by molar-refractivity contribution is 0.324. The van der Waals surface area contributed by atoms with Gasteiger partial charge in [-0.1, -0.05) is 30.3 Å². The third-order valence-corrected chi connectivity index (χ3v) is 3.47. The fraction of sp³-hybridized carbons (Fsp3) is 0.250. The minimum absolute atomic E-state index is 0.314. The number of benzene rings is 2. The van der Waals surface area contributed by atoms with Gasteiger partial charge in [0, 0.05) is 11.5 Å². The highest BCUT2D eigenvalue weighted by Gasteiger charge is 2.00. The molecule has 4 heteroatoms. The van der Waals surface area contributed by atoms with Crippen LogP contribution in [0.2, 0.25) is 0 Å². The van der Waals surface area contributed by atoms with Crippen LogP contribution in [-0.2, 0) is 0 Å². The summed E-state index contributed by atoms with van der Waals surface area (Å²) in [4.78, 5) is 0. The Balaban J connectivity index is 1.53. The maximum Gasteiger partial charge on any atom is 0.165 e. The van der Waals surface area contributed by atoms with Gasteiger partial charge in [0.2, 0.25) is 0 Å². The van der Waals surface area contributed by atoms with Crippen molar-refractivity contribution in [3.05, 3.63) is 60.4 Å². The molecule has 106 valence electrons. The van der Waals surface area contributed by atoms with Gasteiger partial charge < -0.3 is 9.47 Å². The first kappa shape index (κ1) is 14.7. The lowest BCUT2D eigenvalue weighted by Gasteiger charge is -2.07. The lowest BCUT2D eigenvalue weighted by atomic mass is 10.3. The molecule has 2 nitrogen and oxygen atoms in total. The van der Waals surface area contributed by atoms with E-state index in [-0.39, 0.29) is 5.82 Å². The predicted octanol–water partition coefficient (Wildman–Crippen LogP) is 4.02. The second-order valence-corrected chi connectivity index (χ2v) is 5.28. The highest BCUT2D eigenvalue weighted by molar-refractivity contribution is 7.99. The van der Waals surface area contributed by atoms with Crippen molar-refractivity contribution in [1.29, 1.82) is 0 Å². The first-order valence-electron chi connectivity index (χ1n) is 6.49. The number of ether oxygens (including phenoxy) is 2. The highest BCUT2D eigenvalue weighted by atomic mass is 32.2. The number of para-hydroxylation sites is 2. The topological polar surface area (TPSA) is 18.5 Å². The molecule has 0 atom stereocenters. The third-order valence-electron chi connectivity index (χ3n) is 2.56. The van der Waals surface area contributed by atoms with Crippen molar-refractivity contribution in [2.24, 2.45) is 0 Å². The largest absolute Gasteiger partial charge is 0.493 e. The minimum Gasteiger partial charge on any atom is -0.493 e. The zero-order valence-electron chi connectivity index (χ0n) is 11.1. The van der Waals surface area contributed by atoms with Crippen molar-refractivity contribution in [1.82, 2.24) is 0 Å². The zero-order valence-corrected chi connectivity index (χ0v) is 11.9. The van der Waals surface area contributed by atoms with Crippen LogP contribution in [0.3, 0.4) is 0 Å². The second-order valence-electron chi connectivity index (χ2n) is 4.05. The third kappa shape index (κ3) is 5.13. The molecule has 0 aliphatic heterocycles. The van der Waals surface area contributed by atoms with Crippen molar-refractivity contribution in [2.45, 2.75) is 0 Å². The first-order chi connectivity index (χ1) is 9.86. The van der Waals surface area contributed by atoms with Crippen molar-refractivity contribution < 1.29 is 13.9 Å². The molecular formula is C16H17FO2S. The molecule has 0 spiro atoms. The van der Waals surface area contributed by atoms with Gasteiger partial charge in [0.05, 0.1) is 13.2 Å². The average molecular weight is 292 g/mol. The van der Waals surface area contributed by atoms with Crippen LogP contribution in [0.1, 0.15) is 0 Å². The van der Waals surface area contributed by atoms with Gasteiger partial charge in [0.1, 0.15) is 5.75 Å². The summed E-state index contributed by atoms with van der Waals surface area (Å²) >= 11 is 1.73. The van der Waals surface area contributed by atoms with E-state index in [1.165, 1.54) is 6.07 Å². The first-order valence-corrected chi connectivity index (χ1v) is 7.64. The Kier molecular flexibility index (Phi) is 6.24. The summed E-state index contributed by atoms with van der Waals surface area (Å²) in [6.45, 7) is 1.16. The summed E-state index contributed by atoms with van der Waals surface area (Å²) in [6.07, 6.45) is 0. The fourth-order valence-electron chi connectivity index (χ4n) is 1.61. The normalized spacial score (nSPS) is 10.2. The van der Waals surface area contributed by atoms with Gasteiger partial charge in [0.15, 0.2) is 11.6 Å². The van der Waals surface area contributed by atoms with Gasteiger partial charge in [-0.15, -0.1) is 0 Å². The zero-order chi connectivity index (χ0) is 14.0. The molecule has 0 saturated heterocycles. The van der Waals surface area contributed by atoms with Crippen LogP contribution in [0.4, 0.5) is 4.39 Å². The van der Waals surface area contributed by atoms with E-state index in [9.17, 15) is 4.39 Å². The van der Waals surface area contributed by atoms with Crippen molar-refractivity contribution in [3.8, 4) is 11.5 Å². The molecule has 0 bridgehead atoms.